The Hall–Kier alpha value is -1.60. The highest BCUT2D eigenvalue weighted by Crippen LogP contribution is 2.32. The lowest BCUT2D eigenvalue weighted by atomic mass is 10.2. The van der Waals surface area contributed by atoms with E-state index >= 15 is 0 Å². The van der Waals surface area contributed by atoms with E-state index in [0.717, 1.165) is 12.8 Å². The van der Waals surface area contributed by atoms with Gasteiger partial charge in [0.05, 0.1) is 6.10 Å². The summed E-state index contributed by atoms with van der Waals surface area (Å²) in [5, 5.41) is 5.14. The number of nitrogens with two attached hydrogens (primary N) is 1. The smallest absolute Gasteiger partial charge is 0.253 e. The van der Waals surface area contributed by atoms with Crippen molar-refractivity contribution < 1.29 is 17.9 Å². The van der Waals surface area contributed by atoms with Crippen molar-refractivity contribution in [1.82, 2.24) is 4.90 Å². The van der Waals surface area contributed by atoms with Crippen molar-refractivity contribution in [2.24, 2.45) is 5.14 Å². The van der Waals surface area contributed by atoms with Crippen LogP contribution in [0.5, 0.6) is 5.75 Å². The summed E-state index contributed by atoms with van der Waals surface area (Å²) in [6, 6.07) is 4.17. The molecule has 7 heteroatoms. The molecule has 0 unspecified atom stereocenters. The molecule has 1 amide bonds. The van der Waals surface area contributed by atoms with E-state index < -0.39 is 10.0 Å². The number of ether oxygens (including phenoxy) is 1. The van der Waals surface area contributed by atoms with Crippen molar-refractivity contribution in [2.75, 3.05) is 14.1 Å². The van der Waals surface area contributed by atoms with Gasteiger partial charge in [0.1, 0.15) is 10.6 Å². The summed E-state index contributed by atoms with van der Waals surface area (Å²) in [6.45, 7) is 0. The van der Waals surface area contributed by atoms with Crippen molar-refractivity contribution in [2.45, 2.75) is 23.8 Å². The number of sulfonamides is 1. The van der Waals surface area contributed by atoms with Gasteiger partial charge in [-0.2, -0.15) is 0 Å². The third-order valence-electron chi connectivity index (χ3n) is 2.72. The first-order chi connectivity index (χ1) is 8.79. The normalized spacial score (nSPS) is 15.1. The molecule has 2 rings (SSSR count). The molecule has 1 fully saturated rings. The number of hydrogen-bond acceptors (Lipinski definition) is 4. The third-order valence-corrected chi connectivity index (χ3v) is 3.67. The molecule has 104 valence electrons. The molecule has 1 aromatic rings. The number of carbonyl (C=O) groups is 1. The van der Waals surface area contributed by atoms with E-state index in [4.69, 9.17) is 9.88 Å². The Bertz CT molecular complexity index is 606. The molecule has 1 saturated carbocycles. The topological polar surface area (TPSA) is 89.7 Å². The van der Waals surface area contributed by atoms with Crippen LogP contribution in [0, 0.1) is 0 Å². The summed E-state index contributed by atoms with van der Waals surface area (Å²) in [4.78, 5) is 13.2. The summed E-state index contributed by atoms with van der Waals surface area (Å²) in [5.41, 5.74) is 0.369. The minimum Gasteiger partial charge on any atom is -0.489 e. The fourth-order valence-corrected chi connectivity index (χ4v) is 2.24. The standard InChI is InChI=1S/C12H16N2O4S/c1-14(2)12(15)8-3-6-11(19(13,16)17)10(7-8)18-9-4-5-9/h3,6-7,9H,4-5H2,1-2H3,(H2,13,16,17). The van der Waals surface area contributed by atoms with Crippen molar-refractivity contribution in [3.63, 3.8) is 0 Å². The Labute approximate surface area is 112 Å². The molecule has 0 atom stereocenters. The van der Waals surface area contributed by atoms with Crippen LogP contribution in [-0.2, 0) is 10.0 Å². The second-order valence-electron chi connectivity index (χ2n) is 4.72. The van der Waals surface area contributed by atoms with Crippen LogP contribution < -0.4 is 9.88 Å². The predicted octanol–water partition coefficient (Wildman–Crippen LogP) is 0.577. The van der Waals surface area contributed by atoms with Gasteiger partial charge >= 0.3 is 0 Å². The summed E-state index contributed by atoms with van der Waals surface area (Å²) < 4.78 is 28.5. The molecule has 2 N–H and O–H groups in total. The molecule has 0 aliphatic heterocycles. The average Bonchev–Trinajstić information content (AvgIpc) is 3.10. The zero-order chi connectivity index (χ0) is 14.2. The first-order valence-corrected chi connectivity index (χ1v) is 7.39. The quantitative estimate of drug-likeness (QED) is 0.875. The molecule has 0 heterocycles. The van der Waals surface area contributed by atoms with E-state index in [1.165, 1.54) is 23.1 Å². The van der Waals surface area contributed by atoms with Crippen LogP contribution in [0.3, 0.4) is 0 Å². The van der Waals surface area contributed by atoms with Gasteiger partial charge in [-0.25, -0.2) is 13.6 Å². The Kier molecular flexibility index (Phi) is 3.51. The number of hydrogen-bond donors (Lipinski definition) is 1. The molecular weight excluding hydrogens is 268 g/mol. The molecule has 0 radical (unpaired) electrons. The molecule has 6 nitrogen and oxygen atoms in total. The van der Waals surface area contributed by atoms with Crippen LogP contribution in [0.2, 0.25) is 0 Å². The number of nitrogens with zero attached hydrogens (tertiary/aromatic N) is 1. The maximum absolute atomic E-state index is 11.8. The highest BCUT2D eigenvalue weighted by atomic mass is 32.2. The van der Waals surface area contributed by atoms with Gasteiger partial charge in [-0.1, -0.05) is 0 Å². The second kappa shape index (κ2) is 4.82. The Morgan fingerprint density at radius 1 is 1.37 bits per heavy atom. The van der Waals surface area contributed by atoms with Gasteiger partial charge in [-0.15, -0.1) is 0 Å². The van der Waals surface area contributed by atoms with E-state index in [1.54, 1.807) is 14.1 Å². The van der Waals surface area contributed by atoms with Crippen LogP contribution in [0.1, 0.15) is 23.2 Å². The van der Waals surface area contributed by atoms with Gasteiger partial charge in [0.15, 0.2) is 0 Å². The van der Waals surface area contributed by atoms with Crippen LogP contribution in [-0.4, -0.2) is 39.4 Å². The van der Waals surface area contributed by atoms with E-state index in [0.29, 0.717) is 5.56 Å². The Morgan fingerprint density at radius 3 is 2.47 bits per heavy atom. The van der Waals surface area contributed by atoms with Crippen LogP contribution in [0.15, 0.2) is 23.1 Å². The maximum atomic E-state index is 11.8. The van der Waals surface area contributed by atoms with Crippen molar-refractivity contribution in [3.05, 3.63) is 23.8 Å². The van der Waals surface area contributed by atoms with Gasteiger partial charge in [0, 0.05) is 19.7 Å². The summed E-state index contributed by atoms with van der Waals surface area (Å²) >= 11 is 0. The van der Waals surface area contributed by atoms with E-state index in [-0.39, 0.29) is 22.7 Å². The van der Waals surface area contributed by atoms with Gasteiger partial charge in [-0.3, -0.25) is 4.79 Å². The average molecular weight is 284 g/mol. The lowest BCUT2D eigenvalue weighted by molar-refractivity contribution is 0.0827. The van der Waals surface area contributed by atoms with Gasteiger partial charge < -0.3 is 9.64 Å². The molecular formula is C12H16N2O4S. The Balaban J connectivity index is 2.43. The fraction of sp³-hybridized carbons (Fsp3) is 0.417. The van der Waals surface area contributed by atoms with Crippen LogP contribution in [0.4, 0.5) is 0 Å². The third kappa shape index (κ3) is 3.24. The predicted molar refractivity (Wildman–Crippen MR) is 69.5 cm³/mol. The zero-order valence-electron chi connectivity index (χ0n) is 10.8. The monoisotopic (exact) mass is 284 g/mol. The number of benzene rings is 1. The van der Waals surface area contributed by atoms with Crippen molar-refractivity contribution in [3.8, 4) is 5.75 Å². The Morgan fingerprint density at radius 2 is 2.00 bits per heavy atom. The highest BCUT2D eigenvalue weighted by molar-refractivity contribution is 7.89. The minimum absolute atomic E-state index is 0.0187. The lowest BCUT2D eigenvalue weighted by Gasteiger charge is -2.14. The minimum atomic E-state index is -3.86. The van der Waals surface area contributed by atoms with Gasteiger partial charge in [0.2, 0.25) is 10.0 Å². The van der Waals surface area contributed by atoms with Crippen molar-refractivity contribution in [1.29, 1.82) is 0 Å². The number of rotatable bonds is 4. The molecule has 1 aliphatic carbocycles. The summed E-state index contributed by atoms with van der Waals surface area (Å²) in [7, 11) is -0.619. The highest BCUT2D eigenvalue weighted by Gasteiger charge is 2.27. The largest absolute Gasteiger partial charge is 0.489 e. The molecule has 1 aliphatic rings. The molecule has 0 aromatic heterocycles. The first kappa shape index (κ1) is 13.8. The van der Waals surface area contributed by atoms with Gasteiger partial charge in [0.25, 0.3) is 5.91 Å². The SMILES string of the molecule is CN(C)C(=O)c1ccc(S(N)(=O)=O)c(OC2CC2)c1. The van der Waals surface area contributed by atoms with Gasteiger partial charge in [-0.05, 0) is 31.0 Å². The fourth-order valence-electron chi connectivity index (χ4n) is 1.59. The van der Waals surface area contributed by atoms with E-state index in [9.17, 15) is 13.2 Å². The maximum Gasteiger partial charge on any atom is 0.253 e. The molecule has 0 bridgehead atoms. The number of amides is 1. The molecule has 0 spiro atoms. The lowest BCUT2D eigenvalue weighted by Crippen LogP contribution is -2.22. The molecule has 0 saturated heterocycles. The van der Waals surface area contributed by atoms with Crippen molar-refractivity contribution >= 4 is 15.9 Å². The summed E-state index contributed by atoms with van der Waals surface area (Å²) in [5.74, 6) is -0.0701. The molecule has 19 heavy (non-hydrogen) atoms. The van der Waals surface area contributed by atoms with E-state index in [1.807, 2.05) is 0 Å². The van der Waals surface area contributed by atoms with Crippen LogP contribution in [0.25, 0.3) is 0 Å². The summed E-state index contributed by atoms with van der Waals surface area (Å²) in [6.07, 6.45) is 1.79. The molecule has 1 aromatic carbocycles. The number of primary sulfonamides is 1. The zero-order valence-corrected chi connectivity index (χ0v) is 11.6. The second-order valence-corrected chi connectivity index (χ2v) is 6.25. The number of carbonyl (C=O) groups excluding carboxylic acids is 1. The van der Waals surface area contributed by atoms with E-state index in [2.05, 4.69) is 0 Å². The first-order valence-electron chi connectivity index (χ1n) is 5.84. The van der Waals surface area contributed by atoms with Crippen LogP contribution >= 0.6 is 0 Å².